The van der Waals surface area contributed by atoms with E-state index in [0.29, 0.717) is 5.41 Å². The fourth-order valence-corrected chi connectivity index (χ4v) is 3.84. The summed E-state index contributed by atoms with van der Waals surface area (Å²) in [6, 6.07) is 4.97. The molecule has 1 aromatic carbocycles. The van der Waals surface area contributed by atoms with Crippen LogP contribution >= 0.6 is 0 Å². The molecule has 0 heteroatoms. The highest BCUT2D eigenvalue weighted by molar-refractivity contribution is 5.70. The van der Waals surface area contributed by atoms with E-state index in [1.54, 1.807) is 17.0 Å². The molecule has 1 radical (unpaired) electrons. The summed E-state index contributed by atoms with van der Waals surface area (Å²) in [6.07, 6.45) is 12.3. The topological polar surface area (TPSA) is 0 Å². The second-order valence-corrected chi connectivity index (χ2v) is 6.38. The van der Waals surface area contributed by atoms with Crippen molar-refractivity contribution in [3.8, 4) is 0 Å². The molecule has 0 amide bonds. The molecule has 0 aromatic heterocycles. The van der Waals surface area contributed by atoms with Crippen LogP contribution in [0.25, 0.3) is 6.08 Å². The Morgan fingerprint density at radius 1 is 0.947 bits per heavy atom. The molecule has 0 fully saturated rings. The first-order valence-electron chi connectivity index (χ1n) is 7.91. The van der Waals surface area contributed by atoms with Crippen LogP contribution in [0.2, 0.25) is 0 Å². The zero-order valence-corrected chi connectivity index (χ0v) is 12.6. The minimum atomic E-state index is 0.548. The van der Waals surface area contributed by atoms with E-state index in [9.17, 15) is 0 Å². The molecule has 0 heterocycles. The Labute approximate surface area is 117 Å². The average molecular weight is 253 g/mol. The van der Waals surface area contributed by atoms with Gasteiger partial charge in [-0.15, -0.1) is 0 Å². The van der Waals surface area contributed by atoms with Crippen LogP contribution in [0.1, 0.15) is 68.7 Å². The van der Waals surface area contributed by atoms with Crippen LogP contribution in [-0.4, -0.2) is 0 Å². The highest BCUT2D eigenvalue weighted by Gasteiger charge is 2.35. The number of fused-ring (bicyclic) bond motifs is 2. The van der Waals surface area contributed by atoms with Gasteiger partial charge in [0.15, 0.2) is 0 Å². The standard InChI is InChI=1S/C19H25/c1-4-7-14-8-9-15-10-16-12-19(5-2,6-3)13-17(16)11-18(14)15/h8-11H,4-7,12-13H2,1-3H3. The van der Waals surface area contributed by atoms with Crippen LogP contribution in [0.15, 0.2) is 18.2 Å². The highest BCUT2D eigenvalue weighted by Crippen LogP contribution is 2.45. The van der Waals surface area contributed by atoms with E-state index in [1.807, 2.05) is 0 Å². The first-order chi connectivity index (χ1) is 9.21. The van der Waals surface area contributed by atoms with Gasteiger partial charge in [-0.3, -0.25) is 0 Å². The van der Waals surface area contributed by atoms with Crippen LogP contribution in [0.5, 0.6) is 0 Å². The van der Waals surface area contributed by atoms with Gasteiger partial charge in [0.25, 0.3) is 0 Å². The van der Waals surface area contributed by atoms with Crippen molar-refractivity contribution in [2.75, 3.05) is 0 Å². The van der Waals surface area contributed by atoms with Gasteiger partial charge in [0.2, 0.25) is 0 Å². The van der Waals surface area contributed by atoms with Crippen molar-refractivity contribution in [3.63, 3.8) is 0 Å². The predicted molar refractivity (Wildman–Crippen MR) is 83.2 cm³/mol. The molecular formula is C19H25. The largest absolute Gasteiger partial charge is 0.0721 e. The number of hydrogen-bond donors (Lipinski definition) is 0. The Hall–Kier alpha value is -1.04. The number of allylic oxidation sites excluding steroid dienone is 1. The van der Waals surface area contributed by atoms with Gasteiger partial charge in [-0.25, -0.2) is 0 Å². The molecule has 0 spiro atoms. The third-order valence-electron chi connectivity index (χ3n) is 5.33. The molecule has 19 heavy (non-hydrogen) atoms. The lowest BCUT2D eigenvalue weighted by molar-refractivity contribution is 0.280. The molecule has 101 valence electrons. The first kappa shape index (κ1) is 13.0. The lowest BCUT2D eigenvalue weighted by atomic mass is 9.80. The van der Waals surface area contributed by atoms with Gasteiger partial charge >= 0.3 is 0 Å². The predicted octanol–water partition coefficient (Wildman–Crippen LogP) is 5.34. The van der Waals surface area contributed by atoms with Gasteiger partial charge in [-0.1, -0.05) is 51.5 Å². The van der Waals surface area contributed by atoms with Gasteiger partial charge < -0.3 is 0 Å². The van der Waals surface area contributed by atoms with Gasteiger partial charge in [0.1, 0.15) is 0 Å². The molecule has 2 aliphatic rings. The highest BCUT2D eigenvalue weighted by atomic mass is 14.4. The molecule has 0 unspecified atom stereocenters. The van der Waals surface area contributed by atoms with Crippen LogP contribution in [-0.2, 0) is 12.8 Å². The maximum Gasteiger partial charge on any atom is 0.0273 e. The summed E-state index contributed by atoms with van der Waals surface area (Å²) in [4.78, 5) is 0. The van der Waals surface area contributed by atoms with Crippen molar-refractivity contribution in [1.82, 2.24) is 0 Å². The van der Waals surface area contributed by atoms with Crippen molar-refractivity contribution in [2.45, 2.75) is 59.3 Å². The third-order valence-corrected chi connectivity index (χ3v) is 5.33. The van der Waals surface area contributed by atoms with E-state index in [-0.39, 0.29) is 0 Å². The molecular weight excluding hydrogens is 228 g/mol. The van der Waals surface area contributed by atoms with Crippen molar-refractivity contribution in [2.24, 2.45) is 5.41 Å². The summed E-state index contributed by atoms with van der Waals surface area (Å²) >= 11 is 0. The molecule has 0 aliphatic heterocycles. The van der Waals surface area contributed by atoms with Gasteiger partial charge in [-0.05, 0) is 59.8 Å². The van der Waals surface area contributed by atoms with E-state index in [4.69, 9.17) is 0 Å². The quantitative estimate of drug-likeness (QED) is 0.679. The van der Waals surface area contributed by atoms with Crippen molar-refractivity contribution in [3.05, 3.63) is 46.4 Å². The lowest BCUT2D eigenvalue weighted by Gasteiger charge is -2.25. The zero-order chi connectivity index (χ0) is 13.5. The van der Waals surface area contributed by atoms with Crippen LogP contribution in [0.3, 0.4) is 0 Å². The Morgan fingerprint density at radius 3 is 2.26 bits per heavy atom. The van der Waals surface area contributed by atoms with Crippen molar-refractivity contribution >= 4 is 6.08 Å². The second kappa shape index (κ2) is 4.81. The molecule has 0 saturated heterocycles. The number of benzene rings is 1. The number of hydrogen-bond acceptors (Lipinski definition) is 0. The molecule has 2 aliphatic carbocycles. The fraction of sp³-hybridized carbons (Fsp3) is 0.526. The van der Waals surface area contributed by atoms with Crippen molar-refractivity contribution < 1.29 is 0 Å². The third kappa shape index (κ3) is 2.06. The monoisotopic (exact) mass is 253 g/mol. The summed E-state index contributed by atoms with van der Waals surface area (Å²) in [5, 5.41) is 0. The molecule has 0 nitrogen and oxygen atoms in total. The molecule has 0 saturated carbocycles. The van der Waals surface area contributed by atoms with Crippen LogP contribution in [0, 0.1) is 11.3 Å². The zero-order valence-electron chi connectivity index (χ0n) is 12.6. The Bertz CT molecular complexity index is 503. The normalized spacial score (nSPS) is 19.7. The van der Waals surface area contributed by atoms with Crippen LogP contribution < -0.4 is 0 Å². The summed E-state index contributed by atoms with van der Waals surface area (Å²) in [5.41, 5.74) is 6.77. The molecule has 0 bridgehead atoms. The minimum absolute atomic E-state index is 0.548. The SMILES string of the molecule is CCC[C]1C=Cc2cc3c(cc21)CC(CC)(CC)C3. The smallest absolute Gasteiger partial charge is 0.0273 e. The Kier molecular flexibility index (Phi) is 3.28. The lowest BCUT2D eigenvalue weighted by Crippen LogP contribution is -2.18. The van der Waals surface area contributed by atoms with Gasteiger partial charge in [-0.2, -0.15) is 0 Å². The van der Waals surface area contributed by atoms with E-state index < -0.39 is 0 Å². The van der Waals surface area contributed by atoms with Gasteiger partial charge in [0.05, 0.1) is 0 Å². The average Bonchev–Trinajstić information content (AvgIpc) is 2.98. The van der Waals surface area contributed by atoms with Gasteiger partial charge in [0, 0.05) is 5.92 Å². The van der Waals surface area contributed by atoms with E-state index in [2.05, 4.69) is 45.1 Å². The van der Waals surface area contributed by atoms with E-state index in [0.717, 1.165) is 0 Å². The Balaban J connectivity index is 1.94. The first-order valence-corrected chi connectivity index (χ1v) is 7.91. The molecule has 3 rings (SSSR count). The maximum absolute atomic E-state index is 2.50. The minimum Gasteiger partial charge on any atom is -0.0721 e. The van der Waals surface area contributed by atoms with Crippen LogP contribution in [0.4, 0.5) is 0 Å². The molecule has 1 aromatic rings. The second-order valence-electron chi connectivity index (χ2n) is 6.38. The molecule has 0 N–H and O–H groups in total. The summed E-state index contributed by atoms with van der Waals surface area (Å²) in [7, 11) is 0. The summed E-state index contributed by atoms with van der Waals surface area (Å²) in [5.74, 6) is 1.55. The fourth-order valence-electron chi connectivity index (χ4n) is 3.84. The Morgan fingerprint density at radius 2 is 1.63 bits per heavy atom. The maximum atomic E-state index is 2.50. The number of rotatable bonds is 4. The molecule has 0 atom stereocenters. The van der Waals surface area contributed by atoms with Crippen molar-refractivity contribution in [1.29, 1.82) is 0 Å². The summed E-state index contributed by atoms with van der Waals surface area (Å²) in [6.45, 7) is 6.99. The summed E-state index contributed by atoms with van der Waals surface area (Å²) < 4.78 is 0. The van der Waals surface area contributed by atoms with E-state index >= 15 is 0 Å². The van der Waals surface area contributed by atoms with E-state index in [1.165, 1.54) is 49.7 Å².